The first-order valence-electron chi connectivity index (χ1n) is 5.54. The molecule has 0 unspecified atom stereocenters. The average molecular weight is 271 g/mol. The second-order valence-electron chi connectivity index (χ2n) is 3.84. The van der Waals surface area contributed by atoms with Crippen LogP contribution in [0.2, 0.25) is 0 Å². The number of rotatable bonds is 2. The molecule has 3 aromatic rings. The van der Waals surface area contributed by atoms with Crippen LogP contribution in [-0.2, 0) is 0 Å². The van der Waals surface area contributed by atoms with Gasteiger partial charge in [0.15, 0.2) is 10.8 Å². The summed E-state index contributed by atoms with van der Waals surface area (Å²) in [4.78, 5) is 28.3. The zero-order chi connectivity index (χ0) is 13.2. The normalized spacial score (nSPS) is 10.6. The monoisotopic (exact) mass is 271 g/mol. The van der Waals surface area contributed by atoms with Gasteiger partial charge in [0.1, 0.15) is 5.69 Å². The fourth-order valence-electron chi connectivity index (χ4n) is 1.49. The van der Waals surface area contributed by atoms with E-state index in [2.05, 4.69) is 25.3 Å². The number of anilines is 1. The van der Waals surface area contributed by atoms with E-state index in [0.717, 1.165) is 10.4 Å². The van der Waals surface area contributed by atoms with Crippen molar-refractivity contribution in [3.8, 4) is 0 Å². The topological polar surface area (TPSA) is 80.7 Å². The van der Waals surface area contributed by atoms with Crippen molar-refractivity contribution >= 4 is 32.7 Å². The maximum Gasteiger partial charge on any atom is 0.277 e. The van der Waals surface area contributed by atoms with E-state index in [4.69, 9.17) is 0 Å². The van der Waals surface area contributed by atoms with Crippen LogP contribution in [0.15, 0.2) is 30.7 Å². The number of aromatic nitrogens is 4. The summed E-state index contributed by atoms with van der Waals surface area (Å²) in [6.07, 6.45) is 4.66. The van der Waals surface area contributed by atoms with Gasteiger partial charge in [-0.1, -0.05) is 11.3 Å². The van der Waals surface area contributed by atoms with Gasteiger partial charge in [0.05, 0.1) is 16.6 Å². The highest BCUT2D eigenvalue weighted by molar-refractivity contribution is 7.22. The largest absolute Gasteiger partial charge is 0.296 e. The van der Waals surface area contributed by atoms with Gasteiger partial charge in [0.25, 0.3) is 5.91 Å². The number of carbonyl (C=O) groups excluding carboxylic acids is 1. The van der Waals surface area contributed by atoms with E-state index < -0.39 is 0 Å². The zero-order valence-electron chi connectivity index (χ0n) is 9.99. The van der Waals surface area contributed by atoms with Gasteiger partial charge in [-0.3, -0.25) is 15.1 Å². The molecule has 3 heterocycles. The quantitative estimate of drug-likeness (QED) is 0.771. The first kappa shape index (κ1) is 11.7. The maximum absolute atomic E-state index is 11.9. The molecule has 0 aliphatic rings. The van der Waals surface area contributed by atoms with Crippen LogP contribution in [-0.4, -0.2) is 25.8 Å². The van der Waals surface area contributed by atoms with E-state index in [1.54, 1.807) is 12.4 Å². The minimum Gasteiger partial charge on any atom is -0.296 e. The van der Waals surface area contributed by atoms with Crippen molar-refractivity contribution in [2.24, 2.45) is 0 Å². The summed E-state index contributed by atoms with van der Waals surface area (Å²) in [5.74, 6) is -0.327. The molecule has 3 rings (SSSR count). The Balaban J connectivity index is 1.84. The number of amides is 1. The number of nitrogens with zero attached hydrogens (tertiary/aromatic N) is 4. The first-order chi connectivity index (χ1) is 9.22. The zero-order valence-corrected chi connectivity index (χ0v) is 10.8. The van der Waals surface area contributed by atoms with Crippen LogP contribution in [0, 0.1) is 6.92 Å². The Morgan fingerprint density at radius 1 is 1.26 bits per heavy atom. The fourth-order valence-corrected chi connectivity index (χ4v) is 2.31. The second-order valence-corrected chi connectivity index (χ2v) is 4.87. The Kier molecular flexibility index (Phi) is 2.88. The number of hydrogen-bond donors (Lipinski definition) is 1. The minimum absolute atomic E-state index is 0.262. The van der Waals surface area contributed by atoms with Crippen LogP contribution in [0.3, 0.4) is 0 Å². The van der Waals surface area contributed by atoms with E-state index in [-0.39, 0.29) is 11.6 Å². The molecule has 3 aromatic heterocycles. The van der Waals surface area contributed by atoms with Gasteiger partial charge in [-0.2, -0.15) is 4.98 Å². The molecule has 0 atom stereocenters. The number of carbonyl (C=O) groups is 1. The average Bonchev–Trinajstić information content (AvgIpc) is 2.81. The van der Waals surface area contributed by atoms with E-state index >= 15 is 0 Å². The van der Waals surface area contributed by atoms with Crippen molar-refractivity contribution < 1.29 is 4.79 Å². The maximum atomic E-state index is 11.9. The van der Waals surface area contributed by atoms with Crippen LogP contribution in [0.4, 0.5) is 5.13 Å². The van der Waals surface area contributed by atoms with Crippen molar-refractivity contribution in [1.29, 1.82) is 0 Å². The van der Waals surface area contributed by atoms with Crippen LogP contribution in [0.5, 0.6) is 0 Å². The van der Waals surface area contributed by atoms with Gasteiger partial charge >= 0.3 is 0 Å². The third-order valence-electron chi connectivity index (χ3n) is 2.40. The van der Waals surface area contributed by atoms with Gasteiger partial charge in [-0.25, -0.2) is 9.97 Å². The molecule has 1 N–H and O–H groups in total. The summed E-state index contributed by atoms with van der Waals surface area (Å²) < 4.78 is 0.924. The molecule has 0 radical (unpaired) electrons. The van der Waals surface area contributed by atoms with Crippen LogP contribution >= 0.6 is 11.3 Å². The summed E-state index contributed by atoms with van der Waals surface area (Å²) in [7, 11) is 0. The molecular weight excluding hydrogens is 262 g/mol. The number of hydrogen-bond acceptors (Lipinski definition) is 6. The predicted octanol–water partition coefficient (Wildman–Crippen LogP) is 2.04. The van der Waals surface area contributed by atoms with Crippen molar-refractivity contribution in [3.63, 3.8) is 0 Å². The minimum atomic E-state index is -0.327. The highest BCUT2D eigenvalue weighted by atomic mass is 32.1. The van der Waals surface area contributed by atoms with Crippen molar-refractivity contribution in [1.82, 2.24) is 19.9 Å². The Bertz CT molecular complexity index is 704. The van der Waals surface area contributed by atoms with Crippen molar-refractivity contribution in [2.75, 3.05) is 5.32 Å². The Labute approximate surface area is 112 Å². The Morgan fingerprint density at radius 3 is 2.89 bits per heavy atom. The lowest BCUT2D eigenvalue weighted by Gasteiger charge is -1.99. The molecule has 0 aliphatic carbocycles. The lowest BCUT2D eigenvalue weighted by atomic mass is 10.4. The highest BCUT2D eigenvalue weighted by Gasteiger charge is 2.11. The SMILES string of the molecule is Cc1cnc(C(=O)Nc2nc3ncccc3s2)cn1. The Morgan fingerprint density at radius 2 is 2.16 bits per heavy atom. The molecule has 7 heteroatoms. The summed E-state index contributed by atoms with van der Waals surface area (Å²) in [5.41, 5.74) is 1.65. The van der Waals surface area contributed by atoms with Gasteiger partial charge < -0.3 is 0 Å². The Hall–Kier alpha value is -2.41. The first-order valence-corrected chi connectivity index (χ1v) is 6.35. The van der Waals surface area contributed by atoms with E-state index in [1.807, 2.05) is 19.1 Å². The summed E-state index contributed by atoms with van der Waals surface area (Å²) in [5, 5.41) is 3.19. The highest BCUT2D eigenvalue weighted by Crippen LogP contribution is 2.23. The molecule has 6 nitrogen and oxygen atoms in total. The molecule has 19 heavy (non-hydrogen) atoms. The second kappa shape index (κ2) is 4.69. The van der Waals surface area contributed by atoms with Gasteiger partial charge in [0.2, 0.25) is 0 Å². The molecule has 0 fully saturated rings. The summed E-state index contributed by atoms with van der Waals surface area (Å²) in [6.45, 7) is 1.81. The van der Waals surface area contributed by atoms with E-state index in [0.29, 0.717) is 10.8 Å². The van der Waals surface area contributed by atoms with Crippen molar-refractivity contribution in [2.45, 2.75) is 6.92 Å². The molecule has 0 aliphatic heterocycles. The third-order valence-corrected chi connectivity index (χ3v) is 3.32. The van der Waals surface area contributed by atoms with Crippen LogP contribution in [0.1, 0.15) is 16.2 Å². The number of pyridine rings is 1. The van der Waals surface area contributed by atoms with E-state index in [1.165, 1.54) is 17.5 Å². The summed E-state index contributed by atoms with van der Waals surface area (Å²) in [6, 6.07) is 3.74. The lowest BCUT2D eigenvalue weighted by molar-refractivity contribution is 0.102. The smallest absolute Gasteiger partial charge is 0.277 e. The molecule has 0 aromatic carbocycles. The van der Waals surface area contributed by atoms with Gasteiger partial charge in [0, 0.05) is 12.4 Å². The lowest BCUT2D eigenvalue weighted by Crippen LogP contribution is -2.13. The molecule has 0 bridgehead atoms. The van der Waals surface area contributed by atoms with Crippen LogP contribution in [0.25, 0.3) is 10.3 Å². The van der Waals surface area contributed by atoms with Gasteiger partial charge in [-0.05, 0) is 19.1 Å². The number of nitrogens with one attached hydrogen (secondary N) is 1. The standard InChI is InChI=1S/C12H9N5OS/c1-7-5-15-8(6-14-7)11(18)17-12-16-10-9(19-12)3-2-4-13-10/h2-6H,1H3,(H,13,16,17,18). The number of thiazole rings is 1. The predicted molar refractivity (Wildman–Crippen MR) is 72.1 cm³/mol. The molecular formula is C12H9N5OS. The fraction of sp³-hybridized carbons (Fsp3) is 0.0833. The third kappa shape index (κ3) is 2.41. The molecule has 1 amide bonds. The van der Waals surface area contributed by atoms with Crippen LogP contribution < -0.4 is 5.32 Å². The molecule has 0 saturated carbocycles. The molecule has 0 saturated heterocycles. The molecule has 94 valence electrons. The summed E-state index contributed by atoms with van der Waals surface area (Å²) >= 11 is 1.37. The van der Waals surface area contributed by atoms with Crippen molar-refractivity contribution in [3.05, 3.63) is 42.1 Å². The number of fused-ring (bicyclic) bond motifs is 1. The molecule has 0 spiro atoms. The van der Waals surface area contributed by atoms with E-state index in [9.17, 15) is 4.79 Å². The number of aryl methyl sites for hydroxylation is 1. The van der Waals surface area contributed by atoms with Gasteiger partial charge in [-0.15, -0.1) is 0 Å².